The van der Waals surface area contributed by atoms with Crippen LogP contribution >= 0.6 is 0 Å². The predicted molar refractivity (Wildman–Crippen MR) is 77.4 cm³/mol. The van der Waals surface area contributed by atoms with E-state index in [1.54, 1.807) is 6.26 Å². The molecule has 5 heteroatoms. The van der Waals surface area contributed by atoms with E-state index in [2.05, 4.69) is 15.3 Å². The van der Waals surface area contributed by atoms with E-state index >= 15 is 0 Å². The van der Waals surface area contributed by atoms with Crippen molar-refractivity contribution < 1.29 is 4.42 Å². The highest BCUT2D eigenvalue weighted by Crippen LogP contribution is 2.27. The molecule has 0 aliphatic heterocycles. The normalized spacial score (nSPS) is 11.1. The van der Waals surface area contributed by atoms with Gasteiger partial charge in [-0.2, -0.15) is 0 Å². The molecule has 2 aromatic heterocycles. The van der Waals surface area contributed by atoms with Crippen LogP contribution in [-0.2, 0) is 6.54 Å². The number of nitrogens with zero attached hydrogens (tertiary/aromatic N) is 1. The van der Waals surface area contributed by atoms with Gasteiger partial charge in [0.1, 0.15) is 17.7 Å². The van der Waals surface area contributed by atoms with Gasteiger partial charge in [-0.15, -0.1) is 0 Å². The van der Waals surface area contributed by atoms with Crippen molar-refractivity contribution in [3.63, 3.8) is 0 Å². The summed E-state index contributed by atoms with van der Waals surface area (Å²) < 4.78 is 5.49. The van der Waals surface area contributed by atoms with E-state index < -0.39 is 0 Å². The van der Waals surface area contributed by atoms with Gasteiger partial charge in [0.2, 0.25) is 0 Å². The minimum absolute atomic E-state index is 0.159. The molecule has 20 heavy (non-hydrogen) atoms. The molecule has 0 fully saturated rings. The van der Waals surface area contributed by atoms with Crippen LogP contribution in [0.15, 0.2) is 45.8 Å². The summed E-state index contributed by atoms with van der Waals surface area (Å²) in [6.07, 6.45) is 1.62. The molecule has 3 aromatic rings. The lowest BCUT2D eigenvalue weighted by Crippen LogP contribution is -2.17. The fraction of sp³-hybridized carbons (Fsp3) is 0.200. The van der Waals surface area contributed by atoms with Gasteiger partial charge in [0, 0.05) is 18.0 Å². The number of fused-ring (bicyclic) bond motifs is 1. The Labute approximate surface area is 115 Å². The topological polar surface area (TPSA) is 70.9 Å². The maximum atomic E-state index is 11.8. The van der Waals surface area contributed by atoms with Crippen LogP contribution in [0.4, 0.5) is 0 Å². The van der Waals surface area contributed by atoms with E-state index in [-0.39, 0.29) is 5.56 Å². The van der Waals surface area contributed by atoms with Crippen LogP contribution in [0.2, 0.25) is 0 Å². The quantitative estimate of drug-likeness (QED) is 0.762. The summed E-state index contributed by atoms with van der Waals surface area (Å²) in [7, 11) is 0. The van der Waals surface area contributed by atoms with Crippen LogP contribution < -0.4 is 10.9 Å². The van der Waals surface area contributed by atoms with Crippen molar-refractivity contribution in [1.29, 1.82) is 0 Å². The first-order valence-corrected chi connectivity index (χ1v) is 6.55. The molecule has 0 aliphatic carbocycles. The van der Waals surface area contributed by atoms with E-state index in [0.29, 0.717) is 12.4 Å². The van der Waals surface area contributed by atoms with Crippen molar-refractivity contribution in [2.45, 2.75) is 13.5 Å². The van der Waals surface area contributed by atoms with E-state index in [4.69, 9.17) is 4.42 Å². The SMILES string of the molecule is CCNCc1cc(=O)[nH]c(-c2coc3ccccc23)n1. The van der Waals surface area contributed by atoms with E-state index in [1.165, 1.54) is 6.07 Å². The van der Waals surface area contributed by atoms with Gasteiger partial charge in [0.05, 0.1) is 11.3 Å². The van der Waals surface area contributed by atoms with Crippen LogP contribution in [0, 0.1) is 0 Å². The number of aromatic nitrogens is 2. The van der Waals surface area contributed by atoms with Crippen molar-refractivity contribution >= 4 is 11.0 Å². The molecule has 0 atom stereocenters. The average molecular weight is 269 g/mol. The van der Waals surface area contributed by atoms with Gasteiger partial charge < -0.3 is 14.7 Å². The van der Waals surface area contributed by atoms with E-state index in [0.717, 1.165) is 28.8 Å². The van der Waals surface area contributed by atoms with Gasteiger partial charge >= 0.3 is 0 Å². The lowest BCUT2D eigenvalue weighted by atomic mass is 10.1. The van der Waals surface area contributed by atoms with Crippen LogP contribution in [0.25, 0.3) is 22.4 Å². The number of hydrogen-bond donors (Lipinski definition) is 2. The molecule has 0 amide bonds. The zero-order valence-electron chi connectivity index (χ0n) is 11.1. The summed E-state index contributed by atoms with van der Waals surface area (Å²) in [6.45, 7) is 3.42. The van der Waals surface area contributed by atoms with Crippen molar-refractivity contribution in [1.82, 2.24) is 15.3 Å². The number of hydrogen-bond acceptors (Lipinski definition) is 4. The van der Waals surface area contributed by atoms with E-state index in [9.17, 15) is 4.79 Å². The second kappa shape index (κ2) is 5.30. The number of para-hydroxylation sites is 1. The second-order valence-corrected chi connectivity index (χ2v) is 4.51. The summed E-state index contributed by atoms with van der Waals surface area (Å²) in [5.74, 6) is 0.537. The molecule has 3 rings (SSSR count). The van der Waals surface area contributed by atoms with Crippen LogP contribution in [0.3, 0.4) is 0 Å². The standard InChI is InChI=1S/C15H15N3O2/c1-2-16-8-10-7-14(19)18-15(17-10)12-9-20-13-6-4-3-5-11(12)13/h3-7,9,16H,2,8H2,1H3,(H,17,18,19). The summed E-state index contributed by atoms with van der Waals surface area (Å²) in [4.78, 5) is 19.0. The molecule has 2 heterocycles. The Bertz CT molecular complexity index is 789. The molecule has 0 unspecified atom stereocenters. The highest BCUT2D eigenvalue weighted by molar-refractivity contribution is 5.91. The zero-order valence-corrected chi connectivity index (χ0v) is 11.1. The molecule has 0 bridgehead atoms. The molecule has 0 saturated carbocycles. The zero-order chi connectivity index (χ0) is 13.9. The third-order valence-corrected chi connectivity index (χ3v) is 3.09. The number of H-pyrrole nitrogens is 1. The lowest BCUT2D eigenvalue weighted by Gasteiger charge is -2.03. The summed E-state index contributed by atoms with van der Waals surface area (Å²) in [5.41, 5.74) is 2.14. The molecule has 0 spiro atoms. The van der Waals surface area contributed by atoms with Gasteiger partial charge in [-0.3, -0.25) is 4.79 Å². The van der Waals surface area contributed by atoms with Gasteiger partial charge in [-0.25, -0.2) is 4.98 Å². The first kappa shape index (κ1) is 12.6. The predicted octanol–water partition coefficient (Wildman–Crippen LogP) is 2.29. The maximum Gasteiger partial charge on any atom is 0.251 e. The number of furan rings is 1. The fourth-order valence-electron chi connectivity index (χ4n) is 2.14. The minimum Gasteiger partial charge on any atom is -0.464 e. The molecule has 0 saturated heterocycles. The van der Waals surface area contributed by atoms with Crippen molar-refractivity contribution in [2.24, 2.45) is 0 Å². The Balaban J connectivity index is 2.09. The minimum atomic E-state index is -0.159. The van der Waals surface area contributed by atoms with Crippen molar-refractivity contribution in [3.05, 3.63) is 52.6 Å². The maximum absolute atomic E-state index is 11.8. The first-order chi connectivity index (χ1) is 9.78. The average Bonchev–Trinajstić information content (AvgIpc) is 2.88. The van der Waals surface area contributed by atoms with Crippen LogP contribution in [0.1, 0.15) is 12.6 Å². The molecule has 2 N–H and O–H groups in total. The Morgan fingerprint density at radius 2 is 2.20 bits per heavy atom. The van der Waals surface area contributed by atoms with Gasteiger partial charge in [0.25, 0.3) is 5.56 Å². The van der Waals surface area contributed by atoms with E-state index in [1.807, 2.05) is 31.2 Å². The molecule has 0 radical (unpaired) electrons. The number of rotatable bonds is 4. The fourth-order valence-corrected chi connectivity index (χ4v) is 2.14. The molecular formula is C15H15N3O2. The highest BCUT2D eigenvalue weighted by atomic mass is 16.3. The third-order valence-electron chi connectivity index (χ3n) is 3.09. The Morgan fingerprint density at radius 3 is 3.05 bits per heavy atom. The van der Waals surface area contributed by atoms with Gasteiger partial charge in [0.15, 0.2) is 0 Å². The van der Waals surface area contributed by atoms with Crippen LogP contribution in [0.5, 0.6) is 0 Å². The summed E-state index contributed by atoms with van der Waals surface area (Å²) >= 11 is 0. The van der Waals surface area contributed by atoms with Crippen molar-refractivity contribution in [2.75, 3.05) is 6.54 Å². The van der Waals surface area contributed by atoms with Crippen LogP contribution in [-0.4, -0.2) is 16.5 Å². The molecule has 5 nitrogen and oxygen atoms in total. The second-order valence-electron chi connectivity index (χ2n) is 4.51. The monoisotopic (exact) mass is 269 g/mol. The third kappa shape index (κ3) is 2.35. The highest BCUT2D eigenvalue weighted by Gasteiger charge is 2.10. The Morgan fingerprint density at radius 1 is 1.35 bits per heavy atom. The molecule has 1 aromatic carbocycles. The number of benzene rings is 1. The molecular weight excluding hydrogens is 254 g/mol. The number of nitrogens with one attached hydrogen (secondary N) is 2. The summed E-state index contributed by atoms with van der Waals surface area (Å²) in [5, 5.41) is 4.10. The van der Waals surface area contributed by atoms with Gasteiger partial charge in [-0.1, -0.05) is 25.1 Å². The largest absolute Gasteiger partial charge is 0.464 e. The smallest absolute Gasteiger partial charge is 0.251 e. The molecule has 0 aliphatic rings. The molecule has 102 valence electrons. The number of aromatic amines is 1. The summed E-state index contributed by atoms with van der Waals surface area (Å²) in [6, 6.07) is 9.19. The van der Waals surface area contributed by atoms with Crippen molar-refractivity contribution in [3.8, 4) is 11.4 Å². The Kier molecular flexibility index (Phi) is 3.35. The Hall–Kier alpha value is -2.40. The lowest BCUT2D eigenvalue weighted by molar-refractivity contribution is 0.616. The van der Waals surface area contributed by atoms with Gasteiger partial charge in [-0.05, 0) is 12.6 Å². The first-order valence-electron chi connectivity index (χ1n) is 6.55.